The zero-order valence-electron chi connectivity index (χ0n) is 37.9. The van der Waals surface area contributed by atoms with Crippen LogP contribution < -0.4 is 15.0 Å². The molecule has 0 unspecified atom stereocenters. The number of anilines is 2. The zero-order chi connectivity index (χ0) is 45.5. The molecule has 11 aromatic rings. The summed E-state index contributed by atoms with van der Waals surface area (Å²) >= 11 is 2.33. The van der Waals surface area contributed by atoms with Gasteiger partial charge in [-0.15, -0.1) is 0 Å². The number of hydrogen-bond donors (Lipinski definition) is 0. The molecule has 62 heavy (non-hydrogen) atoms. The summed E-state index contributed by atoms with van der Waals surface area (Å²) in [6.45, 7) is -0.184. The Morgan fingerprint density at radius 2 is 1.19 bits per heavy atom. The van der Waals surface area contributed by atoms with Gasteiger partial charge < -0.3 is 0 Å². The molecule has 0 bridgehead atoms. The Kier molecular flexibility index (Phi) is 7.56. The van der Waals surface area contributed by atoms with Crippen molar-refractivity contribution in [2.75, 3.05) is 4.81 Å². The van der Waals surface area contributed by atoms with Gasteiger partial charge in [0.2, 0.25) is 0 Å². The van der Waals surface area contributed by atoms with Crippen LogP contribution in [-0.2, 0) is 19.4 Å². The molecule has 4 heterocycles. The first kappa shape index (κ1) is 31.4. The standard InChI is InChI=1S/C54H36BN5O.Pt/c1-4-18-38(19-5-1)43-27-15-28-44(39-20-6-2-7-21-39)53(43)58-37-57(48-31-12-13-32-49(48)58)41-24-14-25-42(36-41)61-52-35-17-34-51(56-52)59-50-33-16-29-46-45-26-10-11-30-47(45)60(54(46)50)55(59)40-22-8-3-9-23-40;/h1-36H;/i1D,4D,5D,18D,19D;. The summed E-state index contributed by atoms with van der Waals surface area (Å²) in [5.41, 5.74) is 10.2. The Morgan fingerprint density at radius 1 is 0.548 bits per heavy atom. The summed E-state index contributed by atoms with van der Waals surface area (Å²) in [5.74, 6) is 1.78. The molecule has 0 saturated carbocycles. The zero-order valence-corrected chi connectivity index (χ0v) is 35.2. The van der Waals surface area contributed by atoms with Crippen molar-refractivity contribution < 1.29 is 30.9 Å². The van der Waals surface area contributed by atoms with Crippen LogP contribution in [0.2, 0.25) is 0 Å². The number of imidazole rings is 1. The minimum absolute atomic E-state index is 0.131. The van der Waals surface area contributed by atoms with Gasteiger partial charge in [0.1, 0.15) is 0 Å². The van der Waals surface area contributed by atoms with E-state index >= 15 is 0 Å². The molecular weight excluding hydrogens is 941 g/mol. The van der Waals surface area contributed by atoms with E-state index in [0.29, 0.717) is 22.9 Å². The second-order valence-corrected chi connectivity index (χ2v) is 16.1. The van der Waals surface area contributed by atoms with Gasteiger partial charge in [-0.05, 0) is 6.07 Å². The third-order valence-corrected chi connectivity index (χ3v) is 12.6. The molecule has 0 aliphatic carbocycles. The molecule has 8 heteroatoms. The van der Waals surface area contributed by atoms with E-state index in [4.69, 9.17) is 16.6 Å². The van der Waals surface area contributed by atoms with E-state index in [2.05, 4.69) is 111 Å². The minimum atomic E-state index is -0.434. The maximum absolute atomic E-state index is 9.06. The molecule has 0 radical (unpaired) electrons. The normalized spacial score (nSPS) is 13.4. The predicted molar refractivity (Wildman–Crippen MR) is 250 cm³/mol. The second-order valence-electron chi connectivity index (χ2n) is 15.1. The van der Waals surface area contributed by atoms with E-state index in [1.165, 1.54) is 10.8 Å². The van der Waals surface area contributed by atoms with Crippen LogP contribution in [0, 0.1) is 3.80 Å². The van der Waals surface area contributed by atoms with Crippen molar-refractivity contribution in [1.29, 1.82) is 0 Å². The average molecular weight is 982 g/mol. The van der Waals surface area contributed by atoms with E-state index in [0.717, 1.165) is 59.7 Å². The number of ether oxygens (including phenoxy) is 1. The van der Waals surface area contributed by atoms with Crippen molar-refractivity contribution in [1.82, 2.24) is 18.6 Å². The van der Waals surface area contributed by atoms with Crippen molar-refractivity contribution in [3.05, 3.63) is 222 Å². The fraction of sp³-hybridized carbons (Fsp3) is 0. The van der Waals surface area contributed by atoms with Crippen molar-refractivity contribution >= 4 is 56.8 Å². The topological polar surface area (TPSA) is 40.1 Å². The monoisotopic (exact) mass is 981 g/mol. The van der Waals surface area contributed by atoms with Crippen LogP contribution in [0.25, 0.3) is 66.5 Å². The second kappa shape index (κ2) is 14.9. The average Bonchev–Trinajstić information content (AvgIpc) is 4.00. The fourth-order valence-electron chi connectivity index (χ4n) is 9.09. The SMILES string of the molecule is [2H]c1c([2H])c([2H])c(-c2cccc(-c3ccccc3)c2-n2[c](=[Pt])n(-c3cccc(Oc4cccc(N5B(c6ccccc6)n6c7ccccc7c7cccc5c76)n4)c3)c3ccccc32)c([2H])c1[2H]. The van der Waals surface area contributed by atoms with E-state index in [1.54, 1.807) is 0 Å². The number of pyridine rings is 1. The summed E-state index contributed by atoms with van der Waals surface area (Å²) in [4.78, 5) is 7.49. The van der Waals surface area contributed by atoms with Crippen LogP contribution in [-0.4, -0.2) is 25.6 Å². The summed E-state index contributed by atoms with van der Waals surface area (Å²) in [6, 6.07) is 61.4. The van der Waals surface area contributed by atoms with E-state index < -0.39 is 6.04 Å². The molecule has 0 fully saturated rings. The first-order valence-electron chi connectivity index (χ1n) is 22.8. The molecule has 6 nitrogen and oxygen atoms in total. The Bertz CT molecular complexity index is 3830. The van der Waals surface area contributed by atoms with Gasteiger partial charge in [0.25, 0.3) is 0 Å². The fourth-order valence-corrected chi connectivity index (χ4v) is 10.2. The van der Waals surface area contributed by atoms with Gasteiger partial charge in [-0.1, -0.05) is 60.7 Å². The molecule has 0 spiro atoms. The van der Waals surface area contributed by atoms with Crippen LogP contribution in [0.3, 0.4) is 0 Å². The van der Waals surface area contributed by atoms with Crippen molar-refractivity contribution in [3.63, 3.8) is 0 Å². The van der Waals surface area contributed by atoms with Crippen LogP contribution >= 0.6 is 0 Å². The van der Waals surface area contributed by atoms with Crippen LogP contribution in [0.4, 0.5) is 11.5 Å². The number of aromatic nitrogens is 4. The molecule has 12 rings (SSSR count). The third-order valence-electron chi connectivity index (χ3n) is 11.6. The summed E-state index contributed by atoms with van der Waals surface area (Å²) < 4.78 is 57.8. The van der Waals surface area contributed by atoms with Gasteiger partial charge in [-0.25, -0.2) is 0 Å². The molecule has 0 saturated heterocycles. The van der Waals surface area contributed by atoms with Gasteiger partial charge in [0.05, 0.1) is 0 Å². The van der Waals surface area contributed by atoms with E-state index in [1.807, 2.05) is 115 Å². The molecule has 1 aliphatic heterocycles. The maximum atomic E-state index is 9.06. The van der Waals surface area contributed by atoms with E-state index in [-0.39, 0.29) is 36.7 Å². The number of rotatable bonds is 8. The molecule has 8 aromatic carbocycles. The van der Waals surface area contributed by atoms with Crippen LogP contribution in [0.1, 0.15) is 6.85 Å². The van der Waals surface area contributed by atoms with Gasteiger partial charge >= 0.3 is 295 Å². The van der Waals surface area contributed by atoms with Gasteiger partial charge in [0, 0.05) is 16.3 Å². The summed E-state index contributed by atoms with van der Waals surface area (Å²) in [6.07, 6.45) is 0. The first-order valence-corrected chi connectivity index (χ1v) is 21.5. The Balaban J connectivity index is 0.981. The molecule has 0 atom stereocenters. The Labute approximate surface area is 376 Å². The van der Waals surface area contributed by atoms with Crippen molar-refractivity contribution in [3.8, 4) is 45.3 Å². The number of benzene rings is 8. The third kappa shape index (κ3) is 5.84. The quantitative estimate of drug-likeness (QED) is 0.142. The first-order chi connectivity index (χ1) is 32.8. The van der Waals surface area contributed by atoms with Gasteiger partial charge in [-0.2, -0.15) is 0 Å². The van der Waals surface area contributed by atoms with Gasteiger partial charge in [-0.3, -0.25) is 0 Å². The molecule has 0 amide bonds. The number of hydrogen-bond acceptors (Lipinski definition) is 3. The van der Waals surface area contributed by atoms with Crippen LogP contribution in [0.15, 0.2) is 218 Å². The number of para-hydroxylation sites is 5. The molecular formula is C54H36BN5OPt. The number of nitrogens with zero attached hydrogens (tertiary/aromatic N) is 5. The summed E-state index contributed by atoms with van der Waals surface area (Å²) in [7, 11) is 0. The van der Waals surface area contributed by atoms with Crippen molar-refractivity contribution in [2.24, 2.45) is 0 Å². The molecule has 1 aliphatic rings. The van der Waals surface area contributed by atoms with Crippen LogP contribution in [0.5, 0.6) is 11.6 Å². The van der Waals surface area contributed by atoms with E-state index in [9.17, 15) is 0 Å². The molecule has 3 aromatic heterocycles. The van der Waals surface area contributed by atoms with Gasteiger partial charge in [0.15, 0.2) is 0 Å². The Hall–Kier alpha value is -7.47. The molecule has 296 valence electrons. The Morgan fingerprint density at radius 3 is 2.00 bits per heavy atom. The summed E-state index contributed by atoms with van der Waals surface area (Å²) in [5, 5.41) is 2.42. The predicted octanol–water partition coefficient (Wildman–Crippen LogP) is 12.5. The van der Waals surface area contributed by atoms with Crippen molar-refractivity contribution in [2.45, 2.75) is 0 Å². The number of fused-ring (bicyclic) bond motifs is 4. The molecule has 0 N–H and O–H groups in total.